The van der Waals surface area contributed by atoms with Gasteiger partial charge in [0.15, 0.2) is 0 Å². The standard InChI is InChI=1S/C19H31N3O3/c1-3-25-17-9-7-16(8-10-17)18(22-12-5-4-6-13-22)15-21-19(23)20-11-14-24-2/h7-10,18H,3-6,11-15H2,1-2H3,(H2,20,21,23). The number of hydrogen-bond acceptors (Lipinski definition) is 4. The van der Waals surface area contributed by atoms with Crippen LogP contribution >= 0.6 is 0 Å². The van der Waals surface area contributed by atoms with E-state index in [-0.39, 0.29) is 12.1 Å². The van der Waals surface area contributed by atoms with E-state index in [0.717, 1.165) is 18.8 Å². The third-order valence-electron chi connectivity index (χ3n) is 4.46. The van der Waals surface area contributed by atoms with Crippen LogP contribution in [0.2, 0.25) is 0 Å². The maximum Gasteiger partial charge on any atom is 0.314 e. The van der Waals surface area contributed by atoms with Crippen molar-refractivity contribution in [2.45, 2.75) is 32.2 Å². The normalized spacial score (nSPS) is 16.2. The Balaban J connectivity index is 1.98. The highest BCUT2D eigenvalue weighted by Crippen LogP contribution is 2.25. The van der Waals surface area contributed by atoms with Crippen molar-refractivity contribution in [2.24, 2.45) is 0 Å². The Kier molecular flexibility index (Phi) is 8.55. The fourth-order valence-corrected chi connectivity index (χ4v) is 3.16. The molecular weight excluding hydrogens is 318 g/mol. The molecule has 1 aromatic rings. The van der Waals surface area contributed by atoms with Crippen molar-refractivity contribution in [3.05, 3.63) is 29.8 Å². The van der Waals surface area contributed by atoms with Crippen LogP contribution in [0.4, 0.5) is 4.79 Å². The molecule has 0 bridgehead atoms. The van der Waals surface area contributed by atoms with E-state index in [1.807, 2.05) is 19.1 Å². The maximum atomic E-state index is 12.0. The van der Waals surface area contributed by atoms with Crippen LogP contribution in [0.15, 0.2) is 24.3 Å². The largest absolute Gasteiger partial charge is 0.494 e. The third kappa shape index (κ3) is 6.55. The van der Waals surface area contributed by atoms with Crippen LogP contribution < -0.4 is 15.4 Å². The molecule has 1 saturated heterocycles. The number of carbonyl (C=O) groups is 1. The van der Waals surface area contributed by atoms with Gasteiger partial charge in [0, 0.05) is 20.2 Å². The van der Waals surface area contributed by atoms with Gasteiger partial charge in [0.25, 0.3) is 0 Å². The molecule has 0 radical (unpaired) electrons. The van der Waals surface area contributed by atoms with Crippen molar-refractivity contribution in [3.8, 4) is 5.75 Å². The SMILES string of the molecule is CCOc1ccc(C(CNC(=O)NCCOC)N2CCCCC2)cc1. The predicted octanol–water partition coefficient (Wildman–Crippen LogP) is 2.56. The van der Waals surface area contributed by atoms with Gasteiger partial charge in [-0.15, -0.1) is 0 Å². The number of nitrogens with one attached hydrogen (secondary N) is 2. The Labute approximate surface area is 150 Å². The molecule has 0 aromatic heterocycles. The molecule has 0 spiro atoms. The van der Waals surface area contributed by atoms with Crippen molar-refractivity contribution in [1.82, 2.24) is 15.5 Å². The Morgan fingerprint density at radius 2 is 1.88 bits per heavy atom. The number of rotatable bonds is 9. The Bertz CT molecular complexity index is 501. The van der Waals surface area contributed by atoms with Crippen molar-refractivity contribution in [3.63, 3.8) is 0 Å². The average Bonchev–Trinajstić information content (AvgIpc) is 2.64. The van der Waals surface area contributed by atoms with Crippen LogP contribution in [-0.2, 0) is 4.74 Å². The molecule has 25 heavy (non-hydrogen) atoms. The van der Waals surface area contributed by atoms with Gasteiger partial charge in [-0.1, -0.05) is 18.6 Å². The first-order valence-electron chi connectivity index (χ1n) is 9.22. The zero-order valence-corrected chi connectivity index (χ0v) is 15.4. The lowest BCUT2D eigenvalue weighted by Gasteiger charge is -2.35. The molecule has 1 fully saturated rings. The second-order valence-electron chi connectivity index (χ2n) is 6.24. The van der Waals surface area contributed by atoms with Gasteiger partial charge in [0.2, 0.25) is 0 Å². The highest BCUT2D eigenvalue weighted by atomic mass is 16.5. The lowest BCUT2D eigenvalue weighted by Crippen LogP contribution is -2.44. The second-order valence-corrected chi connectivity index (χ2v) is 6.24. The molecular formula is C19H31N3O3. The molecule has 1 aliphatic heterocycles. The summed E-state index contributed by atoms with van der Waals surface area (Å²) in [5.74, 6) is 0.883. The van der Waals surface area contributed by atoms with Gasteiger partial charge in [-0.3, -0.25) is 4.90 Å². The smallest absolute Gasteiger partial charge is 0.314 e. The van der Waals surface area contributed by atoms with Gasteiger partial charge >= 0.3 is 6.03 Å². The molecule has 2 amide bonds. The summed E-state index contributed by atoms with van der Waals surface area (Å²) in [5, 5.41) is 5.80. The summed E-state index contributed by atoms with van der Waals surface area (Å²) in [6.45, 7) is 6.42. The quantitative estimate of drug-likeness (QED) is 0.673. The molecule has 140 valence electrons. The van der Waals surface area contributed by atoms with Crippen LogP contribution in [-0.4, -0.2) is 57.4 Å². The number of hydrogen-bond donors (Lipinski definition) is 2. The first kappa shape index (κ1) is 19.5. The number of urea groups is 1. The minimum Gasteiger partial charge on any atom is -0.494 e. The fourth-order valence-electron chi connectivity index (χ4n) is 3.16. The number of methoxy groups -OCH3 is 1. The molecule has 2 rings (SSSR count). The first-order chi connectivity index (χ1) is 12.2. The molecule has 1 aromatic carbocycles. The molecule has 1 heterocycles. The molecule has 1 aliphatic rings. The zero-order valence-electron chi connectivity index (χ0n) is 15.4. The predicted molar refractivity (Wildman–Crippen MR) is 99.1 cm³/mol. The summed E-state index contributed by atoms with van der Waals surface area (Å²) >= 11 is 0. The van der Waals surface area contributed by atoms with Crippen LogP contribution in [0, 0.1) is 0 Å². The van der Waals surface area contributed by atoms with E-state index in [9.17, 15) is 4.79 Å². The summed E-state index contributed by atoms with van der Waals surface area (Å²) < 4.78 is 10.5. The minimum atomic E-state index is -0.148. The number of amides is 2. The van der Waals surface area contributed by atoms with E-state index < -0.39 is 0 Å². The lowest BCUT2D eigenvalue weighted by molar-refractivity contribution is 0.159. The lowest BCUT2D eigenvalue weighted by atomic mass is 10.0. The van der Waals surface area contributed by atoms with E-state index >= 15 is 0 Å². The van der Waals surface area contributed by atoms with E-state index in [0.29, 0.717) is 26.3 Å². The number of likely N-dealkylation sites (tertiary alicyclic amines) is 1. The molecule has 1 unspecified atom stereocenters. The van der Waals surface area contributed by atoms with E-state index in [4.69, 9.17) is 9.47 Å². The summed E-state index contributed by atoms with van der Waals surface area (Å²) in [6, 6.07) is 8.26. The van der Waals surface area contributed by atoms with Gasteiger partial charge in [-0.25, -0.2) is 4.79 Å². The Morgan fingerprint density at radius 1 is 1.16 bits per heavy atom. The van der Waals surface area contributed by atoms with Gasteiger partial charge < -0.3 is 20.1 Å². The number of carbonyl (C=O) groups excluding carboxylic acids is 1. The summed E-state index contributed by atoms with van der Waals surface area (Å²) in [7, 11) is 1.62. The van der Waals surface area contributed by atoms with Gasteiger partial charge in [0.1, 0.15) is 5.75 Å². The minimum absolute atomic E-state index is 0.148. The van der Waals surface area contributed by atoms with Crippen LogP contribution in [0.5, 0.6) is 5.75 Å². The molecule has 6 heteroatoms. The van der Waals surface area contributed by atoms with Gasteiger partial charge in [-0.05, 0) is 50.6 Å². The molecule has 0 aliphatic carbocycles. The average molecular weight is 349 g/mol. The van der Waals surface area contributed by atoms with Crippen molar-refractivity contribution in [2.75, 3.05) is 46.5 Å². The van der Waals surface area contributed by atoms with Crippen LogP contribution in [0.25, 0.3) is 0 Å². The molecule has 1 atom stereocenters. The molecule has 6 nitrogen and oxygen atoms in total. The second kappa shape index (κ2) is 10.9. The zero-order chi connectivity index (χ0) is 17.9. The van der Waals surface area contributed by atoms with Crippen molar-refractivity contribution < 1.29 is 14.3 Å². The van der Waals surface area contributed by atoms with E-state index in [1.54, 1.807) is 7.11 Å². The molecule has 0 saturated carbocycles. The number of nitrogens with zero attached hydrogens (tertiary/aromatic N) is 1. The Morgan fingerprint density at radius 3 is 2.52 bits per heavy atom. The van der Waals surface area contributed by atoms with E-state index in [2.05, 4.69) is 27.7 Å². The van der Waals surface area contributed by atoms with Gasteiger partial charge in [-0.2, -0.15) is 0 Å². The summed E-state index contributed by atoms with van der Waals surface area (Å²) in [4.78, 5) is 14.4. The Hall–Kier alpha value is -1.79. The fraction of sp³-hybridized carbons (Fsp3) is 0.632. The first-order valence-corrected chi connectivity index (χ1v) is 9.22. The monoisotopic (exact) mass is 349 g/mol. The van der Waals surface area contributed by atoms with Gasteiger partial charge in [0.05, 0.1) is 19.3 Å². The summed E-state index contributed by atoms with van der Waals surface area (Å²) in [5.41, 5.74) is 1.21. The van der Waals surface area contributed by atoms with Crippen molar-refractivity contribution >= 4 is 6.03 Å². The third-order valence-corrected chi connectivity index (χ3v) is 4.46. The number of piperidine rings is 1. The van der Waals surface area contributed by atoms with Crippen LogP contribution in [0.1, 0.15) is 37.8 Å². The highest BCUT2D eigenvalue weighted by Gasteiger charge is 2.22. The maximum absolute atomic E-state index is 12.0. The highest BCUT2D eigenvalue weighted by molar-refractivity contribution is 5.73. The van der Waals surface area contributed by atoms with Crippen LogP contribution in [0.3, 0.4) is 0 Å². The van der Waals surface area contributed by atoms with Crippen molar-refractivity contribution in [1.29, 1.82) is 0 Å². The number of benzene rings is 1. The molecule has 2 N–H and O–H groups in total. The number of ether oxygens (including phenoxy) is 2. The van der Waals surface area contributed by atoms with E-state index in [1.165, 1.54) is 24.8 Å². The topological polar surface area (TPSA) is 62.8 Å². The summed E-state index contributed by atoms with van der Waals surface area (Å²) in [6.07, 6.45) is 3.72.